The first-order valence-electron chi connectivity index (χ1n) is 5.10. The molecule has 0 aliphatic rings. The molecule has 0 spiro atoms. The molecule has 0 aliphatic heterocycles. The van der Waals surface area contributed by atoms with E-state index in [1.807, 2.05) is 13.8 Å². The average Bonchev–Trinajstić information content (AvgIpc) is 2.62. The Kier molecular flexibility index (Phi) is 4.03. The van der Waals surface area contributed by atoms with Gasteiger partial charge in [0.2, 0.25) is 0 Å². The van der Waals surface area contributed by atoms with Gasteiger partial charge in [0.25, 0.3) is 0 Å². The van der Waals surface area contributed by atoms with Gasteiger partial charge in [-0.3, -0.25) is 9.48 Å². The van der Waals surface area contributed by atoms with Crippen LogP contribution in [0.25, 0.3) is 0 Å². The first kappa shape index (κ1) is 12.7. The number of aliphatic carboxylic acids is 1. The van der Waals surface area contributed by atoms with Crippen molar-refractivity contribution in [1.82, 2.24) is 9.78 Å². The van der Waals surface area contributed by atoms with Gasteiger partial charge in [-0.1, -0.05) is 13.8 Å². The van der Waals surface area contributed by atoms with Crippen LogP contribution in [0.1, 0.15) is 25.5 Å². The van der Waals surface area contributed by atoms with Crippen molar-refractivity contribution in [3.05, 3.63) is 18.0 Å². The predicted octanol–water partition coefficient (Wildman–Crippen LogP) is -0.0156. The largest absolute Gasteiger partial charge is 0.480 e. The third kappa shape index (κ3) is 3.04. The molecule has 0 radical (unpaired) electrons. The molecular formula is C10H17N3O3. The van der Waals surface area contributed by atoms with Gasteiger partial charge in [0.05, 0.1) is 6.20 Å². The van der Waals surface area contributed by atoms with Gasteiger partial charge < -0.3 is 15.9 Å². The summed E-state index contributed by atoms with van der Waals surface area (Å²) in [7, 11) is 0. The summed E-state index contributed by atoms with van der Waals surface area (Å²) < 4.78 is 1.66. The smallest absolute Gasteiger partial charge is 0.323 e. The molecule has 0 aromatic carbocycles. The second-order valence-electron chi connectivity index (χ2n) is 4.20. The Hall–Kier alpha value is -1.40. The standard InChI is InChI=1S/C10H17N3O3/c1-6(2)4-13-5-7(3-12-13)9(14)8(11)10(15)16/h3,5-6,8-9,14H,4,11H2,1-2H3,(H,15,16). The molecule has 1 rings (SSSR count). The number of carbonyl (C=O) groups is 1. The monoisotopic (exact) mass is 227 g/mol. The SMILES string of the molecule is CC(C)Cn1cc(C(O)C(N)C(=O)O)cn1. The minimum atomic E-state index is -1.32. The number of hydrogen-bond donors (Lipinski definition) is 3. The Morgan fingerprint density at radius 2 is 2.25 bits per heavy atom. The van der Waals surface area contributed by atoms with E-state index >= 15 is 0 Å². The molecule has 1 heterocycles. The molecule has 1 aromatic rings. The van der Waals surface area contributed by atoms with Crippen LogP contribution >= 0.6 is 0 Å². The summed E-state index contributed by atoms with van der Waals surface area (Å²) in [5, 5.41) is 22.3. The molecule has 2 atom stereocenters. The van der Waals surface area contributed by atoms with Gasteiger partial charge in [-0.15, -0.1) is 0 Å². The first-order chi connectivity index (χ1) is 7.41. The summed E-state index contributed by atoms with van der Waals surface area (Å²) in [6.45, 7) is 4.80. The number of rotatable bonds is 5. The van der Waals surface area contributed by atoms with E-state index in [0.29, 0.717) is 11.5 Å². The lowest BCUT2D eigenvalue weighted by atomic mass is 10.1. The van der Waals surface area contributed by atoms with Crippen LogP contribution in [0.5, 0.6) is 0 Å². The number of carboxylic acid groups (broad SMARTS) is 1. The molecule has 6 heteroatoms. The third-order valence-electron chi connectivity index (χ3n) is 2.17. The van der Waals surface area contributed by atoms with E-state index in [2.05, 4.69) is 5.10 Å². The molecule has 6 nitrogen and oxygen atoms in total. The number of nitrogens with zero attached hydrogens (tertiary/aromatic N) is 2. The van der Waals surface area contributed by atoms with Gasteiger partial charge in [0.1, 0.15) is 12.1 Å². The van der Waals surface area contributed by atoms with Crippen LogP contribution in [0, 0.1) is 5.92 Å². The summed E-state index contributed by atoms with van der Waals surface area (Å²) in [5.41, 5.74) is 5.74. The van der Waals surface area contributed by atoms with E-state index in [1.165, 1.54) is 6.20 Å². The van der Waals surface area contributed by atoms with Crippen molar-refractivity contribution in [3.63, 3.8) is 0 Å². The Morgan fingerprint density at radius 3 is 2.75 bits per heavy atom. The normalized spacial score (nSPS) is 15.1. The van der Waals surface area contributed by atoms with Crippen LogP contribution in [0.3, 0.4) is 0 Å². The van der Waals surface area contributed by atoms with Gasteiger partial charge in [-0.25, -0.2) is 0 Å². The molecule has 0 saturated carbocycles. The topological polar surface area (TPSA) is 101 Å². The number of hydrogen-bond acceptors (Lipinski definition) is 4. The number of carboxylic acids is 1. The minimum absolute atomic E-state index is 0.426. The zero-order valence-electron chi connectivity index (χ0n) is 9.37. The van der Waals surface area contributed by atoms with Crippen LogP contribution in [0.4, 0.5) is 0 Å². The fraction of sp³-hybridized carbons (Fsp3) is 0.600. The maximum atomic E-state index is 10.6. The summed E-state index contributed by atoms with van der Waals surface area (Å²) in [6, 6.07) is -1.32. The lowest BCUT2D eigenvalue weighted by Crippen LogP contribution is -2.36. The van der Waals surface area contributed by atoms with E-state index < -0.39 is 18.1 Å². The average molecular weight is 227 g/mol. The maximum absolute atomic E-state index is 10.6. The van der Waals surface area contributed by atoms with Crippen LogP contribution < -0.4 is 5.73 Å². The second kappa shape index (κ2) is 5.09. The number of aliphatic hydroxyl groups is 1. The zero-order valence-corrected chi connectivity index (χ0v) is 9.37. The van der Waals surface area contributed by atoms with Crippen molar-refractivity contribution < 1.29 is 15.0 Å². The zero-order chi connectivity index (χ0) is 12.3. The molecule has 0 bridgehead atoms. The highest BCUT2D eigenvalue weighted by atomic mass is 16.4. The summed E-state index contributed by atoms with van der Waals surface area (Å²) in [4.78, 5) is 10.6. The van der Waals surface area contributed by atoms with E-state index in [-0.39, 0.29) is 0 Å². The molecule has 0 amide bonds. The predicted molar refractivity (Wildman–Crippen MR) is 57.6 cm³/mol. The van der Waals surface area contributed by atoms with Gasteiger partial charge in [0.15, 0.2) is 0 Å². The number of nitrogens with two attached hydrogens (primary N) is 1. The van der Waals surface area contributed by atoms with Crippen LogP contribution in [0.2, 0.25) is 0 Å². The van der Waals surface area contributed by atoms with Crippen LogP contribution in [0.15, 0.2) is 12.4 Å². The quantitative estimate of drug-likeness (QED) is 0.656. The fourth-order valence-corrected chi connectivity index (χ4v) is 1.35. The molecular weight excluding hydrogens is 210 g/mol. The highest BCUT2D eigenvalue weighted by Gasteiger charge is 2.24. The molecule has 90 valence electrons. The number of aliphatic hydroxyl groups excluding tert-OH is 1. The third-order valence-corrected chi connectivity index (χ3v) is 2.17. The Balaban J connectivity index is 2.73. The first-order valence-corrected chi connectivity index (χ1v) is 5.10. The van der Waals surface area contributed by atoms with Gasteiger partial charge in [0, 0.05) is 18.3 Å². The second-order valence-corrected chi connectivity index (χ2v) is 4.20. The van der Waals surface area contributed by atoms with Crippen molar-refractivity contribution in [2.75, 3.05) is 0 Å². The van der Waals surface area contributed by atoms with Gasteiger partial charge >= 0.3 is 5.97 Å². The van der Waals surface area contributed by atoms with Crippen LogP contribution in [-0.2, 0) is 11.3 Å². The molecule has 0 saturated heterocycles. The van der Waals surface area contributed by atoms with Crippen LogP contribution in [-0.4, -0.2) is 32.0 Å². The van der Waals surface area contributed by atoms with Gasteiger partial charge in [-0.2, -0.15) is 5.10 Å². The van der Waals surface area contributed by atoms with E-state index in [1.54, 1.807) is 10.9 Å². The lowest BCUT2D eigenvalue weighted by molar-refractivity contribution is -0.141. The fourth-order valence-electron chi connectivity index (χ4n) is 1.35. The Morgan fingerprint density at radius 1 is 1.62 bits per heavy atom. The van der Waals surface area contributed by atoms with E-state index in [4.69, 9.17) is 10.8 Å². The Bertz CT molecular complexity index is 362. The van der Waals surface area contributed by atoms with Crippen molar-refractivity contribution in [2.45, 2.75) is 32.5 Å². The van der Waals surface area contributed by atoms with Gasteiger partial charge in [-0.05, 0) is 5.92 Å². The minimum Gasteiger partial charge on any atom is -0.480 e. The molecule has 0 fully saturated rings. The highest BCUT2D eigenvalue weighted by molar-refractivity contribution is 5.74. The molecule has 2 unspecified atom stereocenters. The maximum Gasteiger partial charge on any atom is 0.323 e. The van der Waals surface area contributed by atoms with Crippen molar-refractivity contribution in [2.24, 2.45) is 11.7 Å². The summed E-state index contributed by atoms with van der Waals surface area (Å²) >= 11 is 0. The lowest BCUT2D eigenvalue weighted by Gasteiger charge is -2.12. The molecule has 4 N–H and O–H groups in total. The van der Waals surface area contributed by atoms with E-state index in [0.717, 1.165) is 6.54 Å². The highest BCUT2D eigenvalue weighted by Crippen LogP contribution is 2.15. The van der Waals surface area contributed by atoms with Crippen molar-refractivity contribution >= 4 is 5.97 Å². The summed E-state index contributed by atoms with van der Waals surface area (Å²) in [6.07, 6.45) is 1.84. The summed E-state index contributed by atoms with van der Waals surface area (Å²) in [5.74, 6) is -0.804. The molecule has 1 aromatic heterocycles. The number of aromatic nitrogens is 2. The van der Waals surface area contributed by atoms with Crippen molar-refractivity contribution in [1.29, 1.82) is 0 Å². The Labute approximate surface area is 93.7 Å². The molecule has 0 aliphatic carbocycles. The van der Waals surface area contributed by atoms with Crippen molar-refractivity contribution in [3.8, 4) is 0 Å². The molecule has 16 heavy (non-hydrogen) atoms. The van der Waals surface area contributed by atoms with E-state index in [9.17, 15) is 9.90 Å².